The van der Waals surface area contributed by atoms with Crippen LogP contribution in [0.25, 0.3) is 0 Å². The quantitative estimate of drug-likeness (QED) is 0.857. The minimum absolute atomic E-state index is 0.106. The van der Waals surface area contributed by atoms with Crippen LogP contribution in [0.15, 0.2) is 30.3 Å². The molecule has 0 bridgehead atoms. The number of benzene rings is 1. The summed E-state index contributed by atoms with van der Waals surface area (Å²) < 4.78 is 5.31. The van der Waals surface area contributed by atoms with E-state index in [1.54, 1.807) is 7.11 Å². The van der Waals surface area contributed by atoms with Crippen LogP contribution < -0.4 is 19.9 Å². The number of nitrogens with one attached hydrogen (secondary N) is 1. The second kappa shape index (κ2) is 8.55. The van der Waals surface area contributed by atoms with Gasteiger partial charge >= 0.3 is 6.03 Å². The maximum atomic E-state index is 12.7. The van der Waals surface area contributed by atoms with Gasteiger partial charge in [0, 0.05) is 51.0 Å². The molecule has 0 spiro atoms. The normalized spacial score (nSPS) is 16.8. The van der Waals surface area contributed by atoms with Gasteiger partial charge in [0.2, 0.25) is 5.95 Å². The summed E-state index contributed by atoms with van der Waals surface area (Å²) in [5.74, 6) is 2.43. The molecule has 0 radical (unpaired) electrons. The molecule has 4 rings (SSSR count). The third kappa shape index (κ3) is 4.36. The van der Waals surface area contributed by atoms with Crippen LogP contribution in [0.4, 0.5) is 22.2 Å². The third-order valence-electron chi connectivity index (χ3n) is 5.46. The minimum atomic E-state index is -0.106. The molecule has 0 unspecified atom stereocenters. The number of ether oxygens (including phenoxy) is 1. The summed E-state index contributed by atoms with van der Waals surface area (Å²) in [4.78, 5) is 28.4. The average Bonchev–Trinajstić information content (AvgIpc) is 3.29. The number of para-hydroxylation sites is 2. The van der Waals surface area contributed by atoms with Gasteiger partial charge in [0.25, 0.3) is 0 Å². The molecule has 2 amide bonds. The highest BCUT2D eigenvalue weighted by molar-refractivity contribution is 5.91. The van der Waals surface area contributed by atoms with Gasteiger partial charge in [0.15, 0.2) is 0 Å². The number of anilines is 3. The predicted molar refractivity (Wildman–Crippen MR) is 114 cm³/mol. The summed E-state index contributed by atoms with van der Waals surface area (Å²) in [6, 6.07) is 9.37. The lowest BCUT2D eigenvalue weighted by Crippen LogP contribution is -2.50. The van der Waals surface area contributed by atoms with Crippen LogP contribution in [-0.2, 0) is 0 Å². The van der Waals surface area contributed by atoms with E-state index in [4.69, 9.17) is 9.72 Å². The molecule has 3 heterocycles. The van der Waals surface area contributed by atoms with Gasteiger partial charge in [0.05, 0.1) is 12.8 Å². The van der Waals surface area contributed by atoms with Crippen molar-refractivity contribution >= 4 is 23.5 Å². The number of methoxy groups -OCH3 is 1. The van der Waals surface area contributed by atoms with Crippen molar-refractivity contribution in [2.24, 2.45) is 0 Å². The lowest BCUT2D eigenvalue weighted by Gasteiger charge is -2.35. The molecule has 2 saturated heterocycles. The fourth-order valence-electron chi connectivity index (χ4n) is 3.84. The predicted octanol–water partition coefficient (Wildman–Crippen LogP) is 2.75. The van der Waals surface area contributed by atoms with E-state index < -0.39 is 0 Å². The Morgan fingerprint density at radius 3 is 2.45 bits per heavy atom. The van der Waals surface area contributed by atoms with E-state index in [1.807, 2.05) is 42.2 Å². The first kappa shape index (κ1) is 19.3. The van der Waals surface area contributed by atoms with Crippen molar-refractivity contribution < 1.29 is 9.53 Å². The van der Waals surface area contributed by atoms with Crippen LogP contribution >= 0.6 is 0 Å². The molecule has 2 aliphatic heterocycles. The number of amides is 2. The van der Waals surface area contributed by atoms with Crippen molar-refractivity contribution in [2.75, 3.05) is 61.5 Å². The molecule has 154 valence electrons. The number of carbonyl (C=O) groups is 1. The molecule has 0 atom stereocenters. The van der Waals surface area contributed by atoms with Crippen molar-refractivity contribution in [3.63, 3.8) is 0 Å². The Kier molecular flexibility index (Phi) is 5.69. The smallest absolute Gasteiger partial charge is 0.322 e. The van der Waals surface area contributed by atoms with E-state index in [1.165, 1.54) is 12.8 Å². The molecule has 0 aliphatic carbocycles. The van der Waals surface area contributed by atoms with Gasteiger partial charge in [-0.1, -0.05) is 12.1 Å². The maximum absolute atomic E-state index is 12.7. The van der Waals surface area contributed by atoms with Crippen LogP contribution in [0.2, 0.25) is 0 Å². The zero-order valence-electron chi connectivity index (χ0n) is 17.1. The summed E-state index contributed by atoms with van der Waals surface area (Å²) in [5, 5.41) is 2.95. The van der Waals surface area contributed by atoms with Gasteiger partial charge in [0.1, 0.15) is 11.6 Å². The third-order valence-corrected chi connectivity index (χ3v) is 5.46. The largest absolute Gasteiger partial charge is 0.495 e. The average molecular weight is 396 g/mol. The Morgan fingerprint density at radius 1 is 1.00 bits per heavy atom. The van der Waals surface area contributed by atoms with E-state index in [2.05, 4.69) is 20.1 Å². The standard InChI is InChI=1S/C21H28N6O2/c1-16-15-19(24-20(22-16)26-9-5-6-10-26)25-11-13-27(14-12-25)21(28)23-17-7-3-4-8-18(17)29-2/h3-4,7-8,15H,5-6,9-14H2,1-2H3,(H,23,28). The van der Waals surface area contributed by atoms with Crippen molar-refractivity contribution in [1.29, 1.82) is 0 Å². The highest BCUT2D eigenvalue weighted by Gasteiger charge is 2.24. The lowest BCUT2D eigenvalue weighted by molar-refractivity contribution is 0.208. The topological polar surface area (TPSA) is 73.8 Å². The van der Waals surface area contributed by atoms with Crippen LogP contribution in [-0.4, -0.2) is 67.3 Å². The van der Waals surface area contributed by atoms with E-state index >= 15 is 0 Å². The molecule has 8 heteroatoms. The zero-order chi connectivity index (χ0) is 20.2. The number of aromatic nitrogens is 2. The fourth-order valence-corrected chi connectivity index (χ4v) is 3.84. The monoisotopic (exact) mass is 396 g/mol. The molecule has 1 N–H and O–H groups in total. The first-order chi connectivity index (χ1) is 14.1. The molecular weight excluding hydrogens is 368 g/mol. The first-order valence-corrected chi connectivity index (χ1v) is 10.2. The molecule has 29 heavy (non-hydrogen) atoms. The van der Waals surface area contributed by atoms with E-state index in [-0.39, 0.29) is 6.03 Å². The number of nitrogens with zero attached hydrogens (tertiary/aromatic N) is 5. The Balaban J connectivity index is 1.38. The second-order valence-corrected chi connectivity index (χ2v) is 7.47. The van der Waals surface area contributed by atoms with Gasteiger partial charge in [-0.05, 0) is 31.9 Å². The number of carbonyl (C=O) groups excluding carboxylic acids is 1. The number of hydrogen-bond donors (Lipinski definition) is 1. The maximum Gasteiger partial charge on any atom is 0.322 e. The van der Waals surface area contributed by atoms with Gasteiger partial charge in [-0.15, -0.1) is 0 Å². The van der Waals surface area contributed by atoms with Crippen LogP contribution in [0.1, 0.15) is 18.5 Å². The summed E-state index contributed by atoms with van der Waals surface area (Å²) in [6.45, 7) is 6.85. The Bertz CT molecular complexity index is 860. The molecular formula is C21H28N6O2. The van der Waals surface area contributed by atoms with E-state index in [9.17, 15) is 4.79 Å². The van der Waals surface area contributed by atoms with E-state index in [0.717, 1.165) is 43.6 Å². The van der Waals surface area contributed by atoms with Gasteiger partial charge in [-0.3, -0.25) is 0 Å². The van der Waals surface area contributed by atoms with Crippen molar-refractivity contribution in [1.82, 2.24) is 14.9 Å². The lowest BCUT2D eigenvalue weighted by atomic mass is 10.3. The van der Waals surface area contributed by atoms with Gasteiger partial charge in [-0.25, -0.2) is 9.78 Å². The summed E-state index contributed by atoms with van der Waals surface area (Å²) in [6.07, 6.45) is 2.40. The highest BCUT2D eigenvalue weighted by atomic mass is 16.5. The SMILES string of the molecule is COc1ccccc1NC(=O)N1CCN(c2cc(C)nc(N3CCCC3)n2)CC1. The number of rotatable bonds is 4. The molecule has 1 aromatic carbocycles. The second-order valence-electron chi connectivity index (χ2n) is 7.47. The number of hydrogen-bond acceptors (Lipinski definition) is 6. The molecule has 0 saturated carbocycles. The van der Waals surface area contributed by atoms with Crippen LogP contribution in [0.5, 0.6) is 5.75 Å². The molecule has 8 nitrogen and oxygen atoms in total. The highest BCUT2D eigenvalue weighted by Crippen LogP contribution is 2.24. The summed E-state index contributed by atoms with van der Waals surface area (Å²) >= 11 is 0. The fraction of sp³-hybridized carbons (Fsp3) is 0.476. The van der Waals surface area contributed by atoms with Crippen molar-refractivity contribution in [2.45, 2.75) is 19.8 Å². The minimum Gasteiger partial charge on any atom is -0.495 e. The number of aryl methyl sites for hydroxylation is 1. The van der Waals surface area contributed by atoms with Crippen LogP contribution in [0.3, 0.4) is 0 Å². The Morgan fingerprint density at radius 2 is 1.72 bits per heavy atom. The number of piperazine rings is 1. The zero-order valence-corrected chi connectivity index (χ0v) is 17.1. The summed E-state index contributed by atoms with van der Waals surface area (Å²) in [7, 11) is 1.60. The molecule has 1 aromatic heterocycles. The molecule has 2 aromatic rings. The summed E-state index contributed by atoms with van der Waals surface area (Å²) in [5.41, 5.74) is 1.66. The molecule has 2 fully saturated rings. The Hall–Kier alpha value is -3.03. The van der Waals surface area contributed by atoms with Gasteiger partial charge < -0.3 is 24.8 Å². The van der Waals surface area contributed by atoms with E-state index in [0.29, 0.717) is 24.5 Å². The first-order valence-electron chi connectivity index (χ1n) is 10.2. The van der Waals surface area contributed by atoms with Crippen LogP contribution in [0, 0.1) is 6.92 Å². The Labute approximate surface area is 171 Å². The van der Waals surface area contributed by atoms with Crippen molar-refractivity contribution in [3.8, 4) is 5.75 Å². The van der Waals surface area contributed by atoms with Gasteiger partial charge in [-0.2, -0.15) is 4.98 Å². The molecule has 2 aliphatic rings. The number of urea groups is 1. The van der Waals surface area contributed by atoms with Crippen molar-refractivity contribution in [3.05, 3.63) is 36.0 Å².